The monoisotopic (exact) mass is 982 g/mol. The molecule has 338 valence electrons. The Labute approximate surface area is 361 Å². The number of sulfone groups is 2. The van der Waals surface area contributed by atoms with Gasteiger partial charge in [-0.2, -0.15) is 36.5 Å². The first-order valence-electron chi connectivity index (χ1n) is 18.6. The van der Waals surface area contributed by atoms with Crippen molar-refractivity contribution in [2.24, 2.45) is 14.1 Å². The number of fused-ring (bicyclic) bond motifs is 2. The third-order valence-electron chi connectivity index (χ3n) is 10.8. The summed E-state index contributed by atoms with van der Waals surface area (Å²) in [5, 5.41) is 7.86. The normalized spacial score (nSPS) is 18.3. The van der Waals surface area contributed by atoms with E-state index in [2.05, 4.69) is 26.1 Å². The van der Waals surface area contributed by atoms with Gasteiger partial charge in [-0.05, 0) is 88.3 Å². The molecule has 1 saturated heterocycles. The lowest BCUT2D eigenvalue weighted by Crippen LogP contribution is -2.41. The average Bonchev–Trinajstić information content (AvgIpc) is 3.38. The molecule has 0 unspecified atom stereocenters. The Morgan fingerprint density at radius 1 is 0.694 bits per heavy atom. The minimum absolute atomic E-state index is 0.0411. The van der Waals surface area contributed by atoms with Gasteiger partial charge < -0.3 is 18.8 Å². The summed E-state index contributed by atoms with van der Waals surface area (Å²) in [5.41, 5.74) is -2.90. The minimum Gasteiger partial charge on any atom is -0.491 e. The molecule has 14 nitrogen and oxygen atoms in total. The Balaban J connectivity index is 0.000000181. The molecule has 3 aliphatic rings. The Morgan fingerprint density at radius 2 is 1.13 bits per heavy atom. The topological polar surface area (TPSA) is 175 Å². The molecule has 3 aliphatic heterocycles. The summed E-state index contributed by atoms with van der Waals surface area (Å²) in [5.74, 6) is -0.471. The number of hydrogen-bond acceptors (Lipinski definition) is 12. The average molecular weight is 984 g/mol. The Kier molecular flexibility index (Phi) is 13.7. The molecule has 1 fully saturated rings. The van der Waals surface area contributed by atoms with Crippen molar-refractivity contribution in [3.05, 3.63) is 84.1 Å². The standard InChI is InChI=1S/C16H15F3N2O4S.C12H19BN2O4.C10H8BrF3O2S/c1-21-15(22)13(25-2)11(8-20-21)9-5-6-12(16(17,18)19)14-10(9)4-3-7-26(14,23)24;1-11(2)12(3,4)19-13(18-11)8-7-14-15(5)10(16)9(8)17-6;11-8-4-3-7(10(12,13)14)9-6(8)2-1-5-17(9,15)16/h5-6,8H,3-4,7H2,1-2H3;7H,1-6H3;3-4H,1-2,5H2. The molecule has 0 amide bonds. The van der Waals surface area contributed by atoms with Gasteiger partial charge >= 0.3 is 30.6 Å². The molecule has 2 aromatic heterocycles. The first-order chi connectivity index (χ1) is 28.5. The molecule has 0 radical (unpaired) electrons. The lowest BCUT2D eigenvalue weighted by atomic mass is 9.80. The van der Waals surface area contributed by atoms with E-state index in [1.54, 1.807) is 13.2 Å². The number of nitrogens with zero attached hydrogens (tertiary/aromatic N) is 4. The van der Waals surface area contributed by atoms with E-state index in [-0.39, 0.29) is 63.7 Å². The summed E-state index contributed by atoms with van der Waals surface area (Å²) in [6.45, 7) is 7.81. The van der Waals surface area contributed by atoms with Crippen LogP contribution in [0.4, 0.5) is 26.3 Å². The van der Waals surface area contributed by atoms with Crippen molar-refractivity contribution in [2.75, 3.05) is 25.7 Å². The van der Waals surface area contributed by atoms with Crippen LogP contribution in [0.1, 0.15) is 62.8 Å². The molecule has 7 rings (SSSR count). The number of halogens is 7. The van der Waals surface area contributed by atoms with Crippen LogP contribution in [0.2, 0.25) is 0 Å². The molecule has 4 aromatic rings. The second-order valence-corrected chi connectivity index (χ2v) is 20.3. The predicted octanol–water partition coefficient (Wildman–Crippen LogP) is 5.47. The Morgan fingerprint density at radius 3 is 1.61 bits per heavy atom. The second kappa shape index (κ2) is 17.4. The molecule has 0 atom stereocenters. The SMILES string of the molecule is COc1c(-c2ccc(C(F)(F)F)c3c2CCCS3(=O)=O)cnn(C)c1=O.COc1c(B2OC(C)(C)C(C)(C)O2)cnn(C)c1=O.O=S1(=O)CCCc2c(Br)ccc(C(F)(F)F)c21. The molecule has 62 heavy (non-hydrogen) atoms. The highest BCUT2D eigenvalue weighted by Crippen LogP contribution is 2.44. The molecule has 2 aromatic carbocycles. The van der Waals surface area contributed by atoms with Gasteiger partial charge in [0.15, 0.2) is 31.2 Å². The van der Waals surface area contributed by atoms with Crippen LogP contribution in [-0.4, -0.2) is 80.4 Å². The van der Waals surface area contributed by atoms with E-state index in [9.17, 15) is 52.8 Å². The van der Waals surface area contributed by atoms with Gasteiger partial charge in [0, 0.05) is 18.6 Å². The van der Waals surface area contributed by atoms with E-state index in [0.29, 0.717) is 22.8 Å². The molecular weight excluding hydrogens is 941 g/mol. The van der Waals surface area contributed by atoms with E-state index >= 15 is 0 Å². The van der Waals surface area contributed by atoms with Gasteiger partial charge in [0.25, 0.3) is 0 Å². The molecule has 0 bridgehead atoms. The molecule has 0 aliphatic carbocycles. The number of ether oxygens (including phenoxy) is 2. The van der Waals surface area contributed by atoms with Gasteiger partial charge in [-0.25, -0.2) is 26.2 Å². The number of methoxy groups -OCH3 is 2. The van der Waals surface area contributed by atoms with Crippen LogP contribution in [0, 0.1) is 0 Å². The summed E-state index contributed by atoms with van der Waals surface area (Å²) in [4.78, 5) is 22.9. The van der Waals surface area contributed by atoms with Gasteiger partial charge in [0.2, 0.25) is 0 Å². The fraction of sp³-hybridized carbons (Fsp3) is 0.474. The first kappa shape index (κ1) is 48.8. The summed E-state index contributed by atoms with van der Waals surface area (Å²) >= 11 is 3.10. The van der Waals surface area contributed by atoms with Crippen molar-refractivity contribution in [2.45, 2.75) is 86.7 Å². The maximum Gasteiger partial charge on any atom is 0.500 e. The van der Waals surface area contributed by atoms with Crippen molar-refractivity contribution < 1.29 is 62.0 Å². The van der Waals surface area contributed by atoms with E-state index < -0.39 is 76.8 Å². The molecule has 24 heteroatoms. The van der Waals surface area contributed by atoms with Crippen LogP contribution in [0.3, 0.4) is 0 Å². The summed E-state index contributed by atoms with van der Waals surface area (Å²) in [6, 6.07) is 3.96. The first-order valence-corrected chi connectivity index (χ1v) is 22.7. The minimum atomic E-state index is -4.80. The quantitative estimate of drug-likeness (QED) is 0.187. The van der Waals surface area contributed by atoms with Crippen molar-refractivity contribution in [3.63, 3.8) is 0 Å². The number of rotatable bonds is 4. The summed E-state index contributed by atoms with van der Waals surface area (Å²) in [7, 11) is -2.89. The molecule has 5 heterocycles. The highest BCUT2D eigenvalue weighted by Gasteiger charge is 2.53. The Hall–Kier alpha value is -4.26. The zero-order valence-corrected chi connectivity index (χ0v) is 37.8. The van der Waals surface area contributed by atoms with Gasteiger partial charge in [-0.1, -0.05) is 22.0 Å². The number of aryl methyl sites for hydroxylation is 2. The number of benzene rings is 2. The third kappa shape index (κ3) is 9.48. The molecular formula is C38H42BBrF6N4O10S2. The van der Waals surface area contributed by atoms with Crippen LogP contribution in [0.5, 0.6) is 11.5 Å². The smallest absolute Gasteiger partial charge is 0.491 e. The van der Waals surface area contributed by atoms with Crippen molar-refractivity contribution in [1.29, 1.82) is 0 Å². The maximum absolute atomic E-state index is 13.4. The van der Waals surface area contributed by atoms with Gasteiger partial charge in [-0.15, -0.1) is 0 Å². The predicted molar refractivity (Wildman–Crippen MR) is 218 cm³/mol. The largest absolute Gasteiger partial charge is 0.500 e. The van der Waals surface area contributed by atoms with E-state index in [1.807, 2.05) is 27.7 Å². The van der Waals surface area contributed by atoms with Crippen LogP contribution in [0.15, 0.2) is 60.5 Å². The fourth-order valence-corrected chi connectivity index (χ4v) is 11.3. The van der Waals surface area contributed by atoms with Crippen molar-refractivity contribution >= 4 is 48.2 Å². The van der Waals surface area contributed by atoms with Crippen LogP contribution in [0.25, 0.3) is 11.1 Å². The maximum atomic E-state index is 13.4. The highest BCUT2D eigenvalue weighted by atomic mass is 79.9. The zero-order chi connectivity index (χ0) is 46.5. The van der Waals surface area contributed by atoms with Crippen LogP contribution in [-0.2, 0) is 68.3 Å². The molecule has 0 N–H and O–H groups in total. The van der Waals surface area contributed by atoms with E-state index in [1.165, 1.54) is 44.3 Å². The molecule has 0 saturated carbocycles. The second-order valence-electron chi connectivity index (χ2n) is 15.4. The van der Waals surface area contributed by atoms with Crippen molar-refractivity contribution in [3.8, 4) is 22.6 Å². The van der Waals surface area contributed by atoms with E-state index in [4.69, 9.17) is 18.8 Å². The fourth-order valence-electron chi connectivity index (χ4n) is 6.98. The number of aromatic nitrogens is 4. The van der Waals surface area contributed by atoms with Crippen molar-refractivity contribution in [1.82, 2.24) is 19.6 Å². The summed E-state index contributed by atoms with van der Waals surface area (Å²) in [6.07, 6.45) is -5.57. The van der Waals surface area contributed by atoms with E-state index in [0.717, 1.165) is 16.8 Å². The lowest BCUT2D eigenvalue weighted by Gasteiger charge is -2.32. The van der Waals surface area contributed by atoms with Gasteiger partial charge in [0.05, 0.1) is 81.3 Å². The highest BCUT2D eigenvalue weighted by molar-refractivity contribution is 9.10. The lowest BCUT2D eigenvalue weighted by molar-refractivity contribution is -0.140. The Bertz CT molecular complexity index is 2730. The van der Waals surface area contributed by atoms with Crippen LogP contribution < -0.4 is 26.1 Å². The van der Waals surface area contributed by atoms with Gasteiger partial charge in [-0.3, -0.25) is 9.59 Å². The number of alkyl halides is 6. The van der Waals surface area contributed by atoms with Gasteiger partial charge in [0.1, 0.15) is 0 Å². The molecule has 0 spiro atoms. The zero-order valence-electron chi connectivity index (χ0n) is 34.6. The third-order valence-corrected chi connectivity index (χ3v) is 15.4. The van der Waals surface area contributed by atoms with Crippen LogP contribution >= 0.6 is 15.9 Å². The summed E-state index contributed by atoms with van der Waals surface area (Å²) < 4.78 is 151. The number of hydrogen-bond donors (Lipinski definition) is 0.